The number of hydrogen-bond donors (Lipinski definition) is 0. The summed E-state index contributed by atoms with van der Waals surface area (Å²) < 4.78 is 19.9. The van der Waals surface area contributed by atoms with E-state index in [1.807, 2.05) is 0 Å². The summed E-state index contributed by atoms with van der Waals surface area (Å²) in [4.78, 5) is 36.0. The predicted octanol–water partition coefficient (Wildman–Crippen LogP) is 4.28. The van der Waals surface area contributed by atoms with Crippen LogP contribution in [0.5, 0.6) is 0 Å². The van der Waals surface area contributed by atoms with E-state index in [9.17, 15) is 14.4 Å². The molecule has 0 bridgehead atoms. The van der Waals surface area contributed by atoms with Crippen molar-refractivity contribution in [2.45, 2.75) is 33.5 Å². The zero-order chi connectivity index (χ0) is 19.7. The molecular weight excluding hydrogens is 376 g/mol. The number of ketones is 1. The first-order valence-corrected chi connectivity index (χ1v) is 8.95. The molecule has 3 atom stereocenters. The highest BCUT2D eigenvalue weighted by Gasteiger charge is 2.49. The third-order valence-electron chi connectivity index (χ3n) is 4.22. The summed E-state index contributed by atoms with van der Waals surface area (Å²) >= 11 is 6.19. The van der Waals surface area contributed by atoms with Crippen LogP contribution < -0.4 is 0 Å². The maximum Gasteiger partial charge on any atom is 0.511 e. The van der Waals surface area contributed by atoms with Crippen LogP contribution in [0.1, 0.15) is 36.4 Å². The molecule has 1 aromatic carbocycles. The Morgan fingerprint density at radius 2 is 1.96 bits per heavy atom. The highest BCUT2D eigenvalue weighted by Crippen LogP contribution is 2.43. The fraction of sp³-hybridized carbons (Fsp3) is 0.421. The molecule has 0 radical (unpaired) electrons. The molecule has 0 amide bonds. The van der Waals surface area contributed by atoms with Gasteiger partial charge in [0, 0.05) is 23.8 Å². The molecule has 7 nitrogen and oxygen atoms in total. The second-order valence-electron chi connectivity index (χ2n) is 6.35. The van der Waals surface area contributed by atoms with Gasteiger partial charge in [0.25, 0.3) is 0 Å². The van der Waals surface area contributed by atoms with Gasteiger partial charge in [0.2, 0.25) is 6.29 Å². The number of hydrogen-bond acceptors (Lipinski definition) is 7. The summed E-state index contributed by atoms with van der Waals surface area (Å²) in [5.41, 5.74) is 0.951. The van der Waals surface area contributed by atoms with Gasteiger partial charge in [-0.2, -0.15) is 0 Å². The average Bonchev–Trinajstić information content (AvgIpc) is 3.29. The highest BCUT2D eigenvalue weighted by atomic mass is 35.5. The second-order valence-corrected chi connectivity index (χ2v) is 6.76. The van der Waals surface area contributed by atoms with Gasteiger partial charge in [-0.3, -0.25) is 9.59 Å². The van der Waals surface area contributed by atoms with Gasteiger partial charge in [-0.25, -0.2) is 4.79 Å². The van der Waals surface area contributed by atoms with Crippen LogP contribution in [0.4, 0.5) is 4.79 Å². The fourth-order valence-corrected chi connectivity index (χ4v) is 3.17. The van der Waals surface area contributed by atoms with Crippen LogP contribution in [0, 0.1) is 18.8 Å². The third kappa shape index (κ3) is 4.24. The minimum atomic E-state index is -1.09. The Bertz CT molecular complexity index is 901. The van der Waals surface area contributed by atoms with Gasteiger partial charge in [-0.05, 0) is 38.5 Å². The first kappa shape index (κ1) is 19.2. The van der Waals surface area contributed by atoms with Crippen LogP contribution in [0.2, 0.25) is 5.02 Å². The largest absolute Gasteiger partial charge is 0.511 e. The topological polar surface area (TPSA) is 92.0 Å². The third-order valence-corrected chi connectivity index (χ3v) is 4.50. The van der Waals surface area contributed by atoms with Crippen molar-refractivity contribution in [2.75, 3.05) is 6.61 Å². The molecule has 1 fully saturated rings. The lowest BCUT2D eigenvalue weighted by Gasteiger charge is -2.13. The summed E-state index contributed by atoms with van der Waals surface area (Å²) in [6.45, 7) is 4.99. The Balaban J connectivity index is 1.61. The summed E-state index contributed by atoms with van der Waals surface area (Å²) in [6, 6.07) is 5.04. The van der Waals surface area contributed by atoms with Crippen molar-refractivity contribution in [2.24, 2.45) is 11.8 Å². The van der Waals surface area contributed by atoms with Crippen LogP contribution in [0.25, 0.3) is 11.0 Å². The van der Waals surface area contributed by atoms with Crippen molar-refractivity contribution < 1.29 is 33.0 Å². The summed E-state index contributed by atoms with van der Waals surface area (Å²) in [5.74, 6) is -1.12. The number of halogens is 1. The number of ether oxygens (including phenoxy) is 3. The minimum Gasteiger partial charge on any atom is -0.460 e. The monoisotopic (exact) mass is 394 g/mol. The summed E-state index contributed by atoms with van der Waals surface area (Å²) in [7, 11) is 0. The number of benzene rings is 1. The zero-order valence-electron chi connectivity index (χ0n) is 15.1. The van der Waals surface area contributed by atoms with Crippen LogP contribution in [-0.4, -0.2) is 30.8 Å². The molecule has 2 aromatic rings. The maximum atomic E-state index is 12.7. The van der Waals surface area contributed by atoms with Crippen molar-refractivity contribution >= 4 is 40.5 Å². The van der Waals surface area contributed by atoms with Crippen molar-refractivity contribution in [3.63, 3.8) is 0 Å². The average molecular weight is 395 g/mol. The number of carbonyl (C=O) groups is 3. The molecule has 1 saturated carbocycles. The first-order valence-electron chi connectivity index (χ1n) is 8.58. The van der Waals surface area contributed by atoms with E-state index in [1.165, 1.54) is 6.92 Å². The van der Waals surface area contributed by atoms with Crippen LogP contribution in [0.3, 0.4) is 0 Å². The van der Waals surface area contributed by atoms with Gasteiger partial charge in [0.15, 0.2) is 11.4 Å². The second kappa shape index (κ2) is 7.60. The number of esters is 1. The Morgan fingerprint density at radius 3 is 2.67 bits per heavy atom. The Kier molecular flexibility index (Phi) is 5.41. The van der Waals surface area contributed by atoms with Crippen LogP contribution >= 0.6 is 11.6 Å². The maximum absolute atomic E-state index is 12.7. The van der Waals surface area contributed by atoms with Crippen molar-refractivity contribution in [1.29, 1.82) is 0 Å². The lowest BCUT2D eigenvalue weighted by Crippen LogP contribution is -2.24. The van der Waals surface area contributed by atoms with Gasteiger partial charge in [0.05, 0.1) is 17.5 Å². The smallest absolute Gasteiger partial charge is 0.460 e. The number of rotatable bonds is 6. The van der Waals surface area contributed by atoms with E-state index in [4.69, 9.17) is 25.5 Å². The molecule has 8 heteroatoms. The van der Waals surface area contributed by atoms with E-state index >= 15 is 0 Å². The van der Waals surface area contributed by atoms with E-state index in [0.29, 0.717) is 28.4 Å². The molecule has 1 heterocycles. The van der Waals surface area contributed by atoms with Gasteiger partial charge in [-0.1, -0.05) is 11.6 Å². The standard InChI is InChI=1S/C19H19ClO7/c1-4-24-19(23)27-10(3)26-18(22)14-8-13(14)16(21)11-6-12-5-9(2)25-17(12)15(20)7-11/h5-7,10,13-14H,4,8H2,1-3H3/t10?,13-,14-/m0/s1. The SMILES string of the molecule is CCOC(=O)OC(C)OC(=O)[C@H]1C[C@@H]1C(=O)c1cc(Cl)c2oc(C)cc2c1. The molecule has 1 unspecified atom stereocenters. The van der Waals surface area contributed by atoms with E-state index in [2.05, 4.69) is 4.74 Å². The predicted molar refractivity (Wildman–Crippen MR) is 95.5 cm³/mol. The molecule has 1 aromatic heterocycles. The van der Waals surface area contributed by atoms with Crippen molar-refractivity contribution in [1.82, 2.24) is 0 Å². The van der Waals surface area contributed by atoms with E-state index in [0.717, 1.165) is 5.39 Å². The van der Waals surface area contributed by atoms with Crippen molar-refractivity contribution in [3.05, 3.63) is 34.5 Å². The summed E-state index contributed by atoms with van der Waals surface area (Å²) in [5, 5.41) is 1.08. The molecule has 1 aliphatic rings. The van der Waals surface area contributed by atoms with Gasteiger partial charge in [-0.15, -0.1) is 0 Å². The zero-order valence-corrected chi connectivity index (χ0v) is 15.9. The highest BCUT2D eigenvalue weighted by molar-refractivity contribution is 6.35. The Labute approximate surface area is 160 Å². The summed E-state index contributed by atoms with van der Waals surface area (Å²) in [6.07, 6.45) is -1.63. The normalized spacial score (nSPS) is 19.4. The number of carbonyl (C=O) groups excluding carboxylic acids is 3. The van der Waals surface area contributed by atoms with E-state index in [-0.39, 0.29) is 12.4 Å². The first-order chi connectivity index (χ1) is 12.8. The number of aryl methyl sites for hydroxylation is 1. The molecule has 144 valence electrons. The lowest BCUT2D eigenvalue weighted by atomic mass is 10.0. The number of Topliss-reactive ketones (excluding diaryl/α,β-unsaturated/α-hetero) is 1. The molecule has 27 heavy (non-hydrogen) atoms. The molecule has 3 rings (SSSR count). The number of furan rings is 1. The minimum absolute atomic E-state index is 0.155. The van der Waals surface area contributed by atoms with E-state index < -0.39 is 30.3 Å². The molecule has 1 aliphatic carbocycles. The molecule has 0 spiro atoms. The quantitative estimate of drug-likeness (QED) is 0.410. The molecular formula is C19H19ClO7. The fourth-order valence-electron chi connectivity index (χ4n) is 2.90. The van der Waals surface area contributed by atoms with Crippen LogP contribution in [0.15, 0.2) is 22.6 Å². The Morgan fingerprint density at radius 1 is 1.22 bits per heavy atom. The van der Waals surface area contributed by atoms with Gasteiger partial charge < -0.3 is 18.6 Å². The molecule has 0 aliphatic heterocycles. The Hall–Kier alpha value is -2.54. The van der Waals surface area contributed by atoms with E-state index in [1.54, 1.807) is 32.0 Å². The van der Waals surface area contributed by atoms with Gasteiger partial charge >= 0.3 is 12.1 Å². The van der Waals surface area contributed by atoms with Gasteiger partial charge in [0.1, 0.15) is 5.76 Å². The molecule has 0 N–H and O–H groups in total. The lowest BCUT2D eigenvalue weighted by molar-refractivity contribution is -0.169. The number of fused-ring (bicyclic) bond motifs is 1. The van der Waals surface area contributed by atoms with Crippen molar-refractivity contribution in [3.8, 4) is 0 Å². The van der Waals surface area contributed by atoms with Crippen LogP contribution in [-0.2, 0) is 19.0 Å². The molecule has 0 saturated heterocycles.